The van der Waals surface area contributed by atoms with Crippen LogP contribution in [0, 0.1) is 0 Å². The standard InChI is InChI=1S/C28H20ClNO3/c1-19(31)33-25-14-11-22(12-15-25)21-9-7-20(8-10-21)18-30-27-16-13-24(29)17-26(27)28(32)23-5-3-2-4-6-23/h2-18H,1H3. The molecule has 0 unspecified atom stereocenters. The molecule has 162 valence electrons. The Morgan fingerprint density at radius 2 is 1.45 bits per heavy atom. The van der Waals surface area contributed by atoms with Crippen LogP contribution in [0.15, 0.2) is 102 Å². The zero-order valence-corrected chi connectivity index (χ0v) is 18.6. The second-order valence-electron chi connectivity index (χ2n) is 7.35. The summed E-state index contributed by atoms with van der Waals surface area (Å²) in [4.78, 5) is 28.6. The van der Waals surface area contributed by atoms with Crippen molar-refractivity contribution in [2.75, 3.05) is 0 Å². The lowest BCUT2D eigenvalue weighted by Gasteiger charge is -2.06. The monoisotopic (exact) mass is 453 g/mol. The number of esters is 1. The summed E-state index contributed by atoms with van der Waals surface area (Å²) in [6.45, 7) is 1.37. The number of ether oxygens (including phenoxy) is 1. The molecule has 0 aromatic heterocycles. The van der Waals surface area contributed by atoms with Crippen LogP contribution >= 0.6 is 11.6 Å². The number of ketones is 1. The molecule has 0 saturated carbocycles. The van der Waals surface area contributed by atoms with E-state index in [0.717, 1.165) is 16.7 Å². The van der Waals surface area contributed by atoms with Gasteiger partial charge in [-0.2, -0.15) is 0 Å². The molecule has 5 heteroatoms. The molecule has 4 rings (SSSR count). The van der Waals surface area contributed by atoms with Crippen LogP contribution in [0.4, 0.5) is 5.69 Å². The van der Waals surface area contributed by atoms with Gasteiger partial charge in [0.25, 0.3) is 0 Å². The van der Waals surface area contributed by atoms with Crippen molar-refractivity contribution in [2.45, 2.75) is 6.92 Å². The summed E-state index contributed by atoms with van der Waals surface area (Å²) in [5.41, 5.74) is 4.51. The Bertz CT molecular complexity index is 1310. The van der Waals surface area contributed by atoms with Crippen molar-refractivity contribution in [2.24, 2.45) is 4.99 Å². The van der Waals surface area contributed by atoms with Crippen molar-refractivity contribution in [3.8, 4) is 16.9 Å². The summed E-state index contributed by atoms with van der Waals surface area (Å²) in [6, 6.07) is 29.4. The van der Waals surface area contributed by atoms with Crippen LogP contribution in [-0.4, -0.2) is 18.0 Å². The average molecular weight is 454 g/mol. The highest BCUT2D eigenvalue weighted by molar-refractivity contribution is 6.31. The Hall–Kier alpha value is -4.02. The van der Waals surface area contributed by atoms with Crippen LogP contribution in [0.2, 0.25) is 5.02 Å². The van der Waals surface area contributed by atoms with Crippen LogP contribution in [0.1, 0.15) is 28.4 Å². The van der Waals surface area contributed by atoms with Gasteiger partial charge < -0.3 is 4.74 Å². The summed E-state index contributed by atoms with van der Waals surface area (Å²) < 4.78 is 5.07. The van der Waals surface area contributed by atoms with Crippen molar-refractivity contribution < 1.29 is 14.3 Å². The first-order valence-corrected chi connectivity index (χ1v) is 10.7. The third-order valence-corrected chi connectivity index (χ3v) is 5.19. The summed E-state index contributed by atoms with van der Waals surface area (Å²) in [7, 11) is 0. The number of carbonyl (C=O) groups excluding carboxylic acids is 2. The molecule has 4 nitrogen and oxygen atoms in total. The highest BCUT2D eigenvalue weighted by Gasteiger charge is 2.13. The third kappa shape index (κ3) is 5.62. The molecule has 0 bridgehead atoms. The molecule has 4 aromatic carbocycles. The molecule has 0 radical (unpaired) electrons. The predicted molar refractivity (Wildman–Crippen MR) is 132 cm³/mol. The highest BCUT2D eigenvalue weighted by atomic mass is 35.5. The minimum absolute atomic E-state index is 0.127. The molecule has 33 heavy (non-hydrogen) atoms. The van der Waals surface area contributed by atoms with Crippen molar-refractivity contribution >= 4 is 35.3 Å². The van der Waals surface area contributed by atoms with Crippen molar-refractivity contribution in [3.63, 3.8) is 0 Å². The van der Waals surface area contributed by atoms with Gasteiger partial charge in [-0.1, -0.05) is 78.3 Å². The van der Waals surface area contributed by atoms with E-state index in [-0.39, 0.29) is 11.8 Å². The largest absolute Gasteiger partial charge is 0.427 e. The normalized spacial score (nSPS) is 10.8. The topological polar surface area (TPSA) is 55.7 Å². The van der Waals surface area contributed by atoms with Crippen LogP contribution < -0.4 is 4.74 Å². The van der Waals surface area contributed by atoms with Gasteiger partial charge in [-0.05, 0) is 47.0 Å². The van der Waals surface area contributed by atoms with Crippen molar-refractivity contribution in [3.05, 3.63) is 119 Å². The molecule has 0 fully saturated rings. The maximum Gasteiger partial charge on any atom is 0.308 e. The maximum atomic E-state index is 13.0. The molecule has 0 heterocycles. The van der Waals surface area contributed by atoms with E-state index in [9.17, 15) is 9.59 Å². The average Bonchev–Trinajstić information content (AvgIpc) is 2.84. The van der Waals surface area contributed by atoms with E-state index in [1.54, 1.807) is 48.7 Å². The number of benzene rings is 4. The van der Waals surface area contributed by atoms with Gasteiger partial charge in [0.15, 0.2) is 5.78 Å². The lowest BCUT2D eigenvalue weighted by Crippen LogP contribution is -2.01. The van der Waals surface area contributed by atoms with Gasteiger partial charge in [-0.15, -0.1) is 0 Å². The molecular weight excluding hydrogens is 434 g/mol. The SMILES string of the molecule is CC(=O)Oc1ccc(-c2ccc(C=Nc3ccc(Cl)cc3C(=O)c3ccccc3)cc2)cc1. The first-order chi connectivity index (χ1) is 16.0. The zero-order chi connectivity index (χ0) is 23.2. The van der Waals surface area contributed by atoms with E-state index in [2.05, 4.69) is 4.99 Å². The second kappa shape index (κ2) is 10.1. The van der Waals surface area contributed by atoms with E-state index >= 15 is 0 Å². The Balaban J connectivity index is 1.54. The number of halogens is 1. The van der Waals surface area contributed by atoms with Gasteiger partial charge in [-0.25, -0.2) is 0 Å². The van der Waals surface area contributed by atoms with E-state index in [4.69, 9.17) is 16.3 Å². The summed E-state index contributed by atoms with van der Waals surface area (Å²) in [5.74, 6) is 0.0392. The lowest BCUT2D eigenvalue weighted by atomic mass is 10.0. The van der Waals surface area contributed by atoms with Gasteiger partial charge >= 0.3 is 5.97 Å². The zero-order valence-electron chi connectivity index (χ0n) is 17.9. The minimum Gasteiger partial charge on any atom is -0.427 e. The molecule has 0 N–H and O–H groups in total. The maximum absolute atomic E-state index is 13.0. The fourth-order valence-corrected chi connectivity index (χ4v) is 3.51. The van der Waals surface area contributed by atoms with Gasteiger partial charge in [0.05, 0.1) is 5.69 Å². The predicted octanol–water partition coefficient (Wildman–Crippen LogP) is 6.91. The molecule has 0 aliphatic heterocycles. The van der Waals surface area contributed by atoms with E-state index in [0.29, 0.717) is 27.6 Å². The van der Waals surface area contributed by atoms with Crippen LogP contribution in [0.5, 0.6) is 5.75 Å². The van der Waals surface area contributed by atoms with Crippen LogP contribution in [0.3, 0.4) is 0 Å². The molecule has 0 spiro atoms. The van der Waals surface area contributed by atoms with Crippen molar-refractivity contribution in [1.29, 1.82) is 0 Å². The number of carbonyl (C=O) groups is 2. The number of rotatable bonds is 6. The number of aliphatic imine (C=N–C) groups is 1. The summed E-state index contributed by atoms with van der Waals surface area (Å²) >= 11 is 6.15. The third-order valence-electron chi connectivity index (χ3n) is 4.95. The fraction of sp³-hybridized carbons (Fsp3) is 0.0357. The summed E-state index contributed by atoms with van der Waals surface area (Å²) in [5, 5.41) is 0.484. The number of nitrogens with zero attached hydrogens (tertiary/aromatic N) is 1. The Morgan fingerprint density at radius 1 is 0.818 bits per heavy atom. The van der Waals surface area contributed by atoms with Gasteiger partial charge in [0.1, 0.15) is 5.75 Å². The van der Waals surface area contributed by atoms with Gasteiger partial charge in [-0.3, -0.25) is 14.6 Å². The number of hydrogen-bond acceptors (Lipinski definition) is 4. The molecule has 4 aromatic rings. The van der Waals surface area contributed by atoms with Crippen LogP contribution in [0.25, 0.3) is 11.1 Å². The molecule has 0 atom stereocenters. The fourth-order valence-electron chi connectivity index (χ4n) is 3.33. The van der Waals surface area contributed by atoms with E-state index in [1.807, 2.05) is 54.6 Å². The molecule has 0 aliphatic carbocycles. The summed E-state index contributed by atoms with van der Waals surface area (Å²) in [6.07, 6.45) is 1.72. The first kappa shape index (κ1) is 22.2. The molecule has 0 saturated heterocycles. The smallest absolute Gasteiger partial charge is 0.308 e. The Labute approximate surface area is 197 Å². The second-order valence-corrected chi connectivity index (χ2v) is 7.79. The number of hydrogen-bond donors (Lipinski definition) is 0. The van der Waals surface area contributed by atoms with Crippen molar-refractivity contribution in [1.82, 2.24) is 0 Å². The Kier molecular flexibility index (Phi) is 6.77. The highest BCUT2D eigenvalue weighted by Crippen LogP contribution is 2.27. The van der Waals surface area contributed by atoms with E-state index < -0.39 is 0 Å². The molecule has 0 amide bonds. The first-order valence-electron chi connectivity index (χ1n) is 10.3. The molecular formula is C28H20ClNO3. The lowest BCUT2D eigenvalue weighted by molar-refractivity contribution is -0.131. The Morgan fingerprint density at radius 3 is 2.09 bits per heavy atom. The quantitative estimate of drug-likeness (QED) is 0.138. The molecule has 0 aliphatic rings. The van der Waals surface area contributed by atoms with Crippen LogP contribution in [-0.2, 0) is 4.79 Å². The van der Waals surface area contributed by atoms with Gasteiger partial charge in [0, 0.05) is 29.3 Å². The minimum atomic E-state index is -0.347. The van der Waals surface area contributed by atoms with E-state index in [1.165, 1.54) is 6.92 Å². The van der Waals surface area contributed by atoms with Gasteiger partial charge in [0.2, 0.25) is 0 Å².